The number of carbonyl (C=O) groups excluding carboxylic acids is 1. The fourth-order valence-electron chi connectivity index (χ4n) is 1.29. The van der Waals surface area contributed by atoms with Crippen molar-refractivity contribution in [2.45, 2.75) is 12.1 Å². The van der Waals surface area contributed by atoms with Crippen molar-refractivity contribution >= 4 is 29.3 Å². The van der Waals surface area contributed by atoms with Crippen LogP contribution >= 0.6 is 11.8 Å². The van der Waals surface area contributed by atoms with E-state index in [0.717, 1.165) is 11.3 Å². The summed E-state index contributed by atoms with van der Waals surface area (Å²) < 4.78 is 0. The van der Waals surface area contributed by atoms with Crippen molar-refractivity contribution in [3.8, 4) is 0 Å². The van der Waals surface area contributed by atoms with E-state index in [4.69, 9.17) is 5.73 Å². The van der Waals surface area contributed by atoms with Gasteiger partial charge in [-0.15, -0.1) is 5.10 Å². The van der Waals surface area contributed by atoms with E-state index >= 15 is 0 Å². The van der Waals surface area contributed by atoms with Crippen molar-refractivity contribution in [2.75, 3.05) is 16.8 Å². The first-order chi connectivity index (χ1) is 8.63. The first-order valence-corrected chi connectivity index (χ1v) is 6.29. The molecule has 0 atom stereocenters. The Morgan fingerprint density at radius 3 is 2.78 bits per heavy atom. The van der Waals surface area contributed by atoms with Crippen LogP contribution in [-0.2, 0) is 4.79 Å². The molecule has 0 bridgehead atoms. The zero-order chi connectivity index (χ0) is 13.0. The number of aromatic amines is 1. The maximum atomic E-state index is 11.6. The fourth-order valence-corrected chi connectivity index (χ4v) is 1.89. The number of nitrogens with one attached hydrogen (secondary N) is 2. The molecular formula is C11H13N5OS. The quantitative estimate of drug-likeness (QED) is 0.725. The number of rotatable bonds is 4. The molecule has 2 aromatic rings. The third kappa shape index (κ3) is 3.49. The van der Waals surface area contributed by atoms with E-state index in [0.29, 0.717) is 5.16 Å². The molecule has 1 aromatic carbocycles. The van der Waals surface area contributed by atoms with Gasteiger partial charge in [-0.1, -0.05) is 29.5 Å². The Balaban J connectivity index is 1.83. The summed E-state index contributed by atoms with van der Waals surface area (Å²) >= 11 is 1.23. The van der Waals surface area contributed by atoms with Crippen molar-refractivity contribution in [1.82, 2.24) is 15.2 Å². The Morgan fingerprint density at radius 2 is 2.17 bits per heavy atom. The minimum absolute atomic E-state index is 0.104. The highest BCUT2D eigenvalue weighted by molar-refractivity contribution is 7.99. The molecule has 0 saturated carbocycles. The summed E-state index contributed by atoms with van der Waals surface area (Å²) in [5.41, 5.74) is 7.31. The summed E-state index contributed by atoms with van der Waals surface area (Å²) in [4.78, 5) is 15.5. The molecule has 1 aromatic heterocycles. The number of thioether (sulfide) groups is 1. The number of nitrogens with two attached hydrogens (primary N) is 1. The van der Waals surface area contributed by atoms with E-state index in [1.165, 1.54) is 11.8 Å². The van der Waals surface area contributed by atoms with Gasteiger partial charge in [0.2, 0.25) is 17.0 Å². The van der Waals surface area contributed by atoms with Crippen LogP contribution in [0.5, 0.6) is 0 Å². The van der Waals surface area contributed by atoms with Crippen molar-refractivity contribution in [1.29, 1.82) is 0 Å². The number of amides is 1. The second kappa shape index (κ2) is 5.54. The summed E-state index contributed by atoms with van der Waals surface area (Å²) in [6.07, 6.45) is 0. The number of nitrogens with zero attached hydrogens (tertiary/aromatic N) is 2. The molecule has 0 radical (unpaired) electrons. The Morgan fingerprint density at radius 1 is 1.44 bits per heavy atom. The number of anilines is 2. The zero-order valence-corrected chi connectivity index (χ0v) is 10.6. The molecule has 0 aliphatic rings. The molecule has 18 heavy (non-hydrogen) atoms. The van der Waals surface area contributed by atoms with Crippen LogP contribution in [0, 0.1) is 6.92 Å². The first kappa shape index (κ1) is 12.4. The average Bonchev–Trinajstić information content (AvgIpc) is 2.76. The molecule has 0 unspecified atom stereocenters. The van der Waals surface area contributed by atoms with Crippen LogP contribution < -0.4 is 11.1 Å². The van der Waals surface area contributed by atoms with E-state index < -0.39 is 0 Å². The minimum Gasteiger partial charge on any atom is -0.368 e. The van der Waals surface area contributed by atoms with E-state index in [9.17, 15) is 4.79 Å². The molecule has 0 spiro atoms. The zero-order valence-electron chi connectivity index (χ0n) is 9.80. The van der Waals surface area contributed by atoms with Gasteiger partial charge in [0.1, 0.15) is 0 Å². The van der Waals surface area contributed by atoms with Crippen LogP contribution in [0.3, 0.4) is 0 Å². The van der Waals surface area contributed by atoms with Gasteiger partial charge in [0.15, 0.2) is 0 Å². The Labute approximate surface area is 108 Å². The van der Waals surface area contributed by atoms with E-state index in [1.807, 2.05) is 31.2 Å². The first-order valence-electron chi connectivity index (χ1n) is 5.30. The lowest BCUT2D eigenvalue weighted by molar-refractivity contribution is -0.113. The van der Waals surface area contributed by atoms with Gasteiger partial charge in [-0.25, -0.2) is 5.10 Å². The molecule has 0 fully saturated rings. The van der Waals surface area contributed by atoms with Gasteiger partial charge in [-0.2, -0.15) is 4.98 Å². The summed E-state index contributed by atoms with van der Waals surface area (Å²) in [5.74, 6) is 0.384. The van der Waals surface area contributed by atoms with Crippen LogP contribution in [-0.4, -0.2) is 26.8 Å². The van der Waals surface area contributed by atoms with Crippen molar-refractivity contribution in [3.63, 3.8) is 0 Å². The predicted octanol–water partition coefficient (Wildman–Crippen LogP) is 1.43. The lowest BCUT2D eigenvalue weighted by Crippen LogP contribution is -2.14. The smallest absolute Gasteiger partial charge is 0.234 e. The van der Waals surface area contributed by atoms with Gasteiger partial charge >= 0.3 is 0 Å². The van der Waals surface area contributed by atoms with Crippen molar-refractivity contribution < 1.29 is 4.79 Å². The summed E-state index contributed by atoms with van der Waals surface area (Å²) in [7, 11) is 0. The number of aromatic nitrogens is 3. The molecule has 1 amide bonds. The molecule has 4 N–H and O–H groups in total. The summed E-state index contributed by atoms with van der Waals surface area (Å²) in [6, 6.07) is 7.61. The van der Waals surface area contributed by atoms with E-state index in [2.05, 4.69) is 20.5 Å². The number of carbonyl (C=O) groups is 1. The van der Waals surface area contributed by atoms with E-state index in [-0.39, 0.29) is 17.6 Å². The number of aryl methyl sites for hydroxylation is 1. The molecule has 2 rings (SSSR count). The third-order valence-electron chi connectivity index (χ3n) is 2.15. The molecule has 0 aliphatic carbocycles. The number of hydrogen-bond donors (Lipinski definition) is 3. The highest BCUT2D eigenvalue weighted by atomic mass is 32.2. The molecule has 7 heteroatoms. The highest BCUT2D eigenvalue weighted by Gasteiger charge is 2.06. The number of hydrogen-bond acceptors (Lipinski definition) is 5. The van der Waals surface area contributed by atoms with Crippen molar-refractivity contribution in [3.05, 3.63) is 29.8 Å². The Bertz CT molecular complexity index is 537. The standard InChI is InChI=1S/C11H13N5OS/c1-7-2-4-8(5-3-7)13-9(17)6-18-11-14-10(12)15-16-11/h2-5H,6H2,1H3,(H,13,17)(H3,12,14,15,16). The minimum atomic E-state index is -0.104. The summed E-state index contributed by atoms with van der Waals surface area (Å²) in [6.45, 7) is 2.00. The topological polar surface area (TPSA) is 96.7 Å². The maximum Gasteiger partial charge on any atom is 0.234 e. The van der Waals surface area contributed by atoms with Gasteiger partial charge in [-0.3, -0.25) is 4.79 Å². The monoisotopic (exact) mass is 263 g/mol. The largest absolute Gasteiger partial charge is 0.368 e. The molecule has 0 saturated heterocycles. The van der Waals surface area contributed by atoms with Crippen LogP contribution in [0.2, 0.25) is 0 Å². The molecule has 94 valence electrons. The lowest BCUT2D eigenvalue weighted by Gasteiger charge is -2.04. The molecule has 0 aliphatic heterocycles. The average molecular weight is 263 g/mol. The molecular weight excluding hydrogens is 250 g/mol. The predicted molar refractivity (Wildman–Crippen MR) is 71.3 cm³/mol. The van der Waals surface area contributed by atoms with Crippen LogP contribution in [0.15, 0.2) is 29.4 Å². The van der Waals surface area contributed by atoms with E-state index in [1.54, 1.807) is 0 Å². The second-order valence-corrected chi connectivity index (χ2v) is 4.65. The SMILES string of the molecule is Cc1ccc(NC(=O)CSc2n[nH]c(N)n2)cc1. The van der Waals surface area contributed by atoms with Gasteiger partial charge < -0.3 is 11.1 Å². The molecule has 6 nitrogen and oxygen atoms in total. The third-order valence-corrected chi connectivity index (χ3v) is 3.00. The van der Waals surface area contributed by atoms with Gasteiger partial charge in [0.25, 0.3) is 0 Å². The van der Waals surface area contributed by atoms with Crippen LogP contribution in [0.25, 0.3) is 0 Å². The highest BCUT2D eigenvalue weighted by Crippen LogP contribution is 2.14. The van der Waals surface area contributed by atoms with Crippen LogP contribution in [0.1, 0.15) is 5.56 Å². The Hall–Kier alpha value is -2.02. The number of benzene rings is 1. The van der Waals surface area contributed by atoms with Gasteiger partial charge in [0, 0.05) is 5.69 Å². The maximum absolute atomic E-state index is 11.6. The van der Waals surface area contributed by atoms with Crippen molar-refractivity contribution in [2.24, 2.45) is 0 Å². The van der Waals surface area contributed by atoms with Gasteiger partial charge in [-0.05, 0) is 19.1 Å². The number of nitrogen functional groups attached to an aromatic ring is 1. The lowest BCUT2D eigenvalue weighted by atomic mass is 10.2. The van der Waals surface area contributed by atoms with Gasteiger partial charge in [0.05, 0.1) is 5.75 Å². The van der Waals surface area contributed by atoms with Crippen LogP contribution in [0.4, 0.5) is 11.6 Å². The normalized spacial score (nSPS) is 10.3. The molecule has 1 heterocycles. The Kier molecular flexibility index (Phi) is 3.83. The number of H-pyrrole nitrogens is 1. The summed E-state index contributed by atoms with van der Waals surface area (Å²) in [5, 5.41) is 9.59. The second-order valence-electron chi connectivity index (χ2n) is 3.71. The fraction of sp³-hybridized carbons (Fsp3) is 0.182.